The summed E-state index contributed by atoms with van der Waals surface area (Å²) in [5.74, 6) is -0.265. The van der Waals surface area contributed by atoms with Crippen LogP contribution in [-0.2, 0) is 0 Å². The molecule has 0 saturated heterocycles. The standard InChI is InChI=1S/C7H8N2O2/c1-3-8-7(10)6-4-11-5(2)9-6/h2,4H,3H2,1H3,(H,8,10). The molecule has 4 nitrogen and oxygen atoms in total. The molecule has 0 aliphatic carbocycles. The highest BCUT2D eigenvalue weighted by Gasteiger charge is 2.07. The van der Waals surface area contributed by atoms with Crippen molar-refractivity contribution in [3.05, 3.63) is 24.8 Å². The number of oxazole rings is 1. The maximum atomic E-state index is 11.0. The van der Waals surface area contributed by atoms with E-state index in [0.717, 1.165) is 0 Å². The van der Waals surface area contributed by atoms with E-state index in [1.165, 1.54) is 6.26 Å². The number of nitrogens with zero attached hydrogens (tertiary/aromatic N) is 1. The van der Waals surface area contributed by atoms with Gasteiger partial charge in [-0.1, -0.05) is 0 Å². The first-order valence-electron chi connectivity index (χ1n) is 3.23. The van der Waals surface area contributed by atoms with Gasteiger partial charge in [0.05, 0.1) is 6.92 Å². The maximum absolute atomic E-state index is 11.0. The van der Waals surface area contributed by atoms with Crippen LogP contribution < -0.4 is 5.32 Å². The van der Waals surface area contributed by atoms with Crippen LogP contribution in [0.5, 0.6) is 0 Å². The van der Waals surface area contributed by atoms with Crippen molar-refractivity contribution in [3.8, 4) is 0 Å². The molecule has 0 aliphatic rings. The largest absolute Gasteiger partial charge is 0.448 e. The molecule has 0 spiro atoms. The molecule has 2 radical (unpaired) electrons. The Balaban J connectivity index is 2.69. The second-order valence-electron chi connectivity index (χ2n) is 1.93. The molecule has 0 bridgehead atoms. The Labute approximate surface area is 64.6 Å². The molecular formula is C7H8N2O2. The summed E-state index contributed by atoms with van der Waals surface area (Å²) in [5.41, 5.74) is 0.212. The summed E-state index contributed by atoms with van der Waals surface area (Å²) >= 11 is 0. The number of carbonyl (C=O) groups is 1. The third-order valence-corrected chi connectivity index (χ3v) is 1.09. The Morgan fingerprint density at radius 1 is 1.91 bits per heavy atom. The van der Waals surface area contributed by atoms with Gasteiger partial charge in [-0.2, -0.15) is 0 Å². The second-order valence-corrected chi connectivity index (χ2v) is 1.93. The van der Waals surface area contributed by atoms with Gasteiger partial charge in [0, 0.05) is 6.54 Å². The molecule has 0 aliphatic heterocycles. The summed E-state index contributed by atoms with van der Waals surface area (Å²) in [4.78, 5) is 14.6. The van der Waals surface area contributed by atoms with Gasteiger partial charge in [0.2, 0.25) is 0 Å². The number of amides is 1. The number of hydrogen-bond donors (Lipinski definition) is 1. The molecule has 1 aromatic heterocycles. The van der Waals surface area contributed by atoms with E-state index in [1.807, 2.05) is 6.92 Å². The molecule has 0 saturated carbocycles. The molecule has 0 fully saturated rings. The molecule has 1 aromatic rings. The van der Waals surface area contributed by atoms with Gasteiger partial charge in [-0.15, -0.1) is 0 Å². The fraction of sp³-hybridized carbons (Fsp3) is 0.286. The van der Waals surface area contributed by atoms with Crippen LogP contribution in [0.15, 0.2) is 10.7 Å². The van der Waals surface area contributed by atoms with Crippen LogP contribution in [0.2, 0.25) is 0 Å². The molecule has 1 amide bonds. The van der Waals surface area contributed by atoms with E-state index in [9.17, 15) is 4.79 Å². The molecular weight excluding hydrogens is 144 g/mol. The van der Waals surface area contributed by atoms with Gasteiger partial charge in [-0.05, 0) is 6.92 Å². The first-order valence-corrected chi connectivity index (χ1v) is 3.23. The van der Waals surface area contributed by atoms with Crippen molar-refractivity contribution in [1.82, 2.24) is 10.3 Å². The van der Waals surface area contributed by atoms with Gasteiger partial charge in [-0.25, -0.2) is 4.98 Å². The summed E-state index contributed by atoms with van der Waals surface area (Å²) in [5, 5.41) is 2.56. The van der Waals surface area contributed by atoms with E-state index in [0.29, 0.717) is 6.54 Å². The van der Waals surface area contributed by atoms with E-state index >= 15 is 0 Å². The zero-order valence-electron chi connectivity index (χ0n) is 6.13. The quantitative estimate of drug-likeness (QED) is 0.670. The van der Waals surface area contributed by atoms with E-state index in [1.54, 1.807) is 0 Å². The van der Waals surface area contributed by atoms with Crippen LogP contribution in [0.1, 0.15) is 23.3 Å². The fourth-order valence-corrected chi connectivity index (χ4v) is 0.643. The van der Waals surface area contributed by atoms with Crippen molar-refractivity contribution < 1.29 is 9.21 Å². The average molecular weight is 152 g/mol. The lowest BCUT2D eigenvalue weighted by Gasteiger charge is -1.94. The van der Waals surface area contributed by atoms with Gasteiger partial charge in [0.1, 0.15) is 6.26 Å². The van der Waals surface area contributed by atoms with Gasteiger partial charge >= 0.3 is 0 Å². The second kappa shape index (κ2) is 3.18. The number of nitrogens with one attached hydrogen (secondary N) is 1. The normalized spacial score (nSPS) is 9.64. The highest BCUT2D eigenvalue weighted by atomic mass is 16.3. The van der Waals surface area contributed by atoms with Crippen LogP contribution in [0.3, 0.4) is 0 Å². The molecule has 11 heavy (non-hydrogen) atoms. The van der Waals surface area contributed by atoms with Crippen molar-refractivity contribution in [2.75, 3.05) is 6.54 Å². The lowest BCUT2D eigenvalue weighted by atomic mass is 10.4. The van der Waals surface area contributed by atoms with Gasteiger partial charge in [-0.3, -0.25) is 4.79 Å². The fourth-order valence-electron chi connectivity index (χ4n) is 0.643. The Kier molecular flexibility index (Phi) is 2.25. The van der Waals surface area contributed by atoms with Gasteiger partial charge < -0.3 is 9.73 Å². The number of hydrogen-bond acceptors (Lipinski definition) is 3. The number of aromatic nitrogens is 1. The lowest BCUT2D eigenvalue weighted by molar-refractivity contribution is 0.0951. The zero-order chi connectivity index (χ0) is 8.27. The molecule has 4 heteroatoms. The summed E-state index contributed by atoms with van der Waals surface area (Å²) in [7, 11) is 0. The predicted octanol–water partition coefficient (Wildman–Crippen LogP) is 0.483. The Bertz CT molecular complexity index is 255. The van der Waals surface area contributed by atoms with Crippen molar-refractivity contribution in [1.29, 1.82) is 0 Å². The first-order chi connectivity index (χ1) is 5.24. The predicted molar refractivity (Wildman–Crippen MR) is 37.9 cm³/mol. The monoisotopic (exact) mass is 152 g/mol. The van der Waals surface area contributed by atoms with Crippen LogP contribution in [-0.4, -0.2) is 17.4 Å². The minimum atomic E-state index is -0.270. The van der Waals surface area contributed by atoms with Crippen LogP contribution in [0, 0.1) is 6.92 Å². The Hall–Kier alpha value is -1.32. The number of rotatable bonds is 2. The van der Waals surface area contributed by atoms with Crippen LogP contribution in [0.25, 0.3) is 0 Å². The maximum Gasteiger partial charge on any atom is 0.273 e. The van der Waals surface area contributed by atoms with Crippen molar-refractivity contribution in [2.24, 2.45) is 0 Å². The average Bonchev–Trinajstić information content (AvgIpc) is 2.36. The van der Waals surface area contributed by atoms with E-state index < -0.39 is 0 Å². The Morgan fingerprint density at radius 3 is 3.09 bits per heavy atom. The van der Waals surface area contributed by atoms with E-state index in [4.69, 9.17) is 6.92 Å². The van der Waals surface area contributed by atoms with E-state index in [-0.39, 0.29) is 17.5 Å². The van der Waals surface area contributed by atoms with E-state index in [2.05, 4.69) is 14.7 Å². The first kappa shape index (κ1) is 7.78. The number of carbonyl (C=O) groups excluding carboxylic acids is 1. The molecule has 1 rings (SSSR count). The summed E-state index contributed by atoms with van der Waals surface area (Å²) in [6.45, 7) is 7.54. The van der Waals surface area contributed by atoms with Crippen molar-refractivity contribution in [2.45, 2.75) is 6.92 Å². The zero-order valence-corrected chi connectivity index (χ0v) is 6.13. The molecule has 58 valence electrons. The molecule has 1 N–H and O–H groups in total. The molecule has 0 unspecified atom stereocenters. The van der Waals surface area contributed by atoms with Crippen LogP contribution >= 0.6 is 0 Å². The topological polar surface area (TPSA) is 55.1 Å². The lowest BCUT2D eigenvalue weighted by Crippen LogP contribution is -2.22. The third kappa shape index (κ3) is 1.80. The minimum absolute atomic E-state index is 0.00579. The summed E-state index contributed by atoms with van der Waals surface area (Å²) in [6, 6.07) is 0. The summed E-state index contributed by atoms with van der Waals surface area (Å²) in [6.07, 6.45) is 1.22. The molecule has 0 atom stereocenters. The van der Waals surface area contributed by atoms with Crippen molar-refractivity contribution >= 4 is 5.91 Å². The molecule has 0 aromatic carbocycles. The Morgan fingerprint density at radius 2 is 2.64 bits per heavy atom. The SMILES string of the molecule is [CH]c1nc(C(=O)NCC)co1. The highest BCUT2D eigenvalue weighted by molar-refractivity contribution is 5.91. The third-order valence-electron chi connectivity index (χ3n) is 1.09. The molecule has 1 heterocycles. The van der Waals surface area contributed by atoms with Gasteiger partial charge in [0.25, 0.3) is 5.91 Å². The van der Waals surface area contributed by atoms with Crippen molar-refractivity contribution in [3.63, 3.8) is 0 Å². The van der Waals surface area contributed by atoms with Gasteiger partial charge in [0.15, 0.2) is 11.6 Å². The van der Waals surface area contributed by atoms with Crippen LogP contribution in [0.4, 0.5) is 0 Å². The smallest absolute Gasteiger partial charge is 0.273 e. The summed E-state index contributed by atoms with van der Waals surface area (Å²) < 4.78 is 4.64. The highest BCUT2D eigenvalue weighted by Crippen LogP contribution is 1.98. The minimum Gasteiger partial charge on any atom is -0.448 e.